The largest absolute Gasteiger partial charge is 0.374 e. The van der Waals surface area contributed by atoms with Crippen molar-refractivity contribution in [3.63, 3.8) is 0 Å². The molecule has 0 aliphatic carbocycles. The van der Waals surface area contributed by atoms with Crippen molar-refractivity contribution in [2.75, 3.05) is 19.7 Å². The maximum atomic E-state index is 5.88. The first-order chi connectivity index (χ1) is 8.65. The Kier molecular flexibility index (Phi) is 4.78. The number of hydrogen-bond donors (Lipinski definition) is 1. The molecule has 0 amide bonds. The average molecular weight is 313 g/mol. The smallest absolute Gasteiger partial charge is 0.0894 e. The van der Waals surface area contributed by atoms with Crippen LogP contribution in [0.2, 0.25) is 0 Å². The molecule has 1 fully saturated rings. The summed E-state index contributed by atoms with van der Waals surface area (Å²) in [5, 5.41) is 0. The zero-order valence-corrected chi connectivity index (χ0v) is 12.6. The molecule has 1 saturated heterocycles. The lowest BCUT2D eigenvalue weighted by atomic mass is 9.96. The lowest BCUT2D eigenvalue weighted by Gasteiger charge is -2.43. The van der Waals surface area contributed by atoms with Crippen LogP contribution in [0, 0.1) is 0 Å². The van der Waals surface area contributed by atoms with Crippen LogP contribution in [0.1, 0.15) is 25.5 Å². The van der Waals surface area contributed by atoms with Crippen LogP contribution in [-0.4, -0.2) is 36.7 Å². The molecular weight excluding hydrogens is 292 g/mol. The van der Waals surface area contributed by atoms with E-state index in [4.69, 9.17) is 10.5 Å². The average Bonchev–Trinajstić information content (AvgIpc) is 2.38. The molecule has 2 rings (SSSR count). The lowest BCUT2D eigenvalue weighted by molar-refractivity contribution is -0.0791. The van der Waals surface area contributed by atoms with Crippen molar-refractivity contribution in [2.24, 2.45) is 5.73 Å². The minimum absolute atomic E-state index is 0.0693. The van der Waals surface area contributed by atoms with Crippen molar-refractivity contribution in [2.45, 2.75) is 32.0 Å². The summed E-state index contributed by atoms with van der Waals surface area (Å²) >= 11 is 3.64. The number of rotatable bonds is 3. The number of nitrogens with zero attached hydrogens (tertiary/aromatic N) is 1. The van der Waals surface area contributed by atoms with Crippen molar-refractivity contribution in [1.29, 1.82) is 0 Å². The van der Waals surface area contributed by atoms with Gasteiger partial charge in [0.2, 0.25) is 0 Å². The van der Waals surface area contributed by atoms with Crippen LogP contribution < -0.4 is 5.73 Å². The summed E-state index contributed by atoms with van der Waals surface area (Å²) in [5.41, 5.74) is 7.14. The van der Waals surface area contributed by atoms with Crippen molar-refractivity contribution in [3.05, 3.63) is 34.3 Å². The highest BCUT2D eigenvalue weighted by Gasteiger charge is 2.34. The SMILES string of the molecule is CC(C)N1CCOC(CN)C1c1ccccc1Br. The summed E-state index contributed by atoms with van der Waals surface area (Å²) < 4.78 is 6.97. The molecule has 0 radical (unpaired) electrons. The van der Waals surface area contributed by atoms with E-state index in [1.165, 1.54) is 5.56 Å². The van der Waals surface area contributed by atoms with Gasteiger partial charge in [-0.25, -0.2) is 0 Å². The van der Waals surface area contributed by atoms with E-state index in [9.17, 15) is 0 Å². The van der Waals surface area contributed by atoms with E-state index >= 15 is 0 Å². The monoisotopic (exact) mass is 312 g/mol. The Morgan fingerprint density at radius 2 is 2.17 bits per heavy atom. The molecule has 0 spiro atoms. The zero-order valence-electron chi connectivity index (χ0n) is 11.0. The van der Waals surface area contributed by atoms with Crippen LogP contribution in [-0.2, 0) is 4.74 Å². The normalized spacial score (nSPS) is 25.6. The van der Waals surface area contributed by atoms with Gasteiger partial charge in [-0.2, -0.15) is 0 Å². The quantitative estimate of drug-likeness (QED) is 0.932. The van der Waals surface area contributed by atoms with Crippen LogP contribution in [0.25, 0.3) is 0 Å². The first-order valence-corrected chi connectivity index (χ1v) is 7.26. The third kappa shape index (κ3) is 2.77. The van der Waals surface area contributed by atoms with E-state index < -0.39 is 0 Å². The van der Waals surface area contributed by atoms with Crippen molar-refractivity contribution >= 4 is 15.9 Å². The predicted molar refractivity (Wildman–Crippen MR) is 77.5 cm³/mol. The maximum Gasteiger partial charge on any atom is 0.0894 e. The van der Waals surface area contributed by atoms with Gasteiger partial charge in [0.25, 0.3) is 0 Å². The molecule has 1 heterocycles. The molecule has 4 heteroatoms. The number of morpholine rings is 1. The molecule has 2 atom stereocenters. The van der Waals surface area contributed by atoms with E-state index in [0.717, 1.165) is 17.6 Å². The molecule has 0 bridgehead atoms. The summed E-state index contributed by atoms with van der Waals surface area (Å²) in [4.78, 5) is 2.47. The molecule has 1 aromatic carbocycles. The molecular formula is C14H21BrN2O. The highest BCUT2D eigenvalue weighted by atomic mass is 79.9. The third-order valence-electron chi connectivity index (χ3n) is 3.51. The van der Waals surface area contributed by atoms with E-state index in [0.29, 0.717) is 12.6 Å². The van der Waals surface area contributed by atoms with Crippen LogP contribution in [0.3, 0.4) is 0 Å². The Morgan fingerprint density at radius 3 is 2.78 bits per heavy atom. The van der Waals surface area contributed by atoms with Crippen molar-refractivity contribution in [3.8, 4) is 0 Å². The predicted octanol–water partition coefficient (Wildman–Crippen LogP) is 2.56. The first kappa shape index (κ1) is 14.0. The standard InChI is InChI=1S/C14H21BrN2O/c1-10(2)17-7-8-18-13(9-16)14(17)11-5-3-4-6-12(11)15/h3-6,10,13-14H,7-9,16H2,1-2H3. The zero-order chi connectivity index (χ0) is 13.1. The Hall–Kier alpha value is -0.420. The van der Waals surface area contributed by atoms with Crippen LogP contribution in [0.5, 0.6) is 0 Å². The molecule has 2 unspecified atom stereocenters. The van der Waals surface area contributed by atoms with Crippen molar-refractivity contribution < 1.29 is 4.74 Å². The molecule has 100 valence electrons. The molecule has 18 heavy (non-hydrogen) atoms. The number of benzene rings is 1. The molecule has 2 N–H and O–H groups in total. The summed E-state index contributed by atoms with van der Waals surface area (Å²) in [6.07, 6.45) is 0.0693. The highest BCUT2D eigenvalue weighted by Crippen LogP contribution is 2.34. The van der Waals surface area contributed by atoms with Gasteiger partial charge in [-0.1, -0.05) is 34.1 Å². The Morgan fingerprint density at radius 1 is 1.44 bits per heavy atom. The van der Waals surface area contributed by atoms with Gasteiger partial charge in [-0.05, 0) is 25.5 Å². The van der Waals surface area contributed by atoms with Crippen LogP contribution in [0.4, 0.5) is 0 Å². The van der Waals surface area contributed by atoms with Gasteiger partial charge in [0.05, 0.1) is 18.8 Å². The second kappa shape index (κ2) is 6.15. The van der Waals surface area contributed by atoms with E-state index in [-0.39, 0.29) is 12.1 Å². The number of ether oxygens (including phenoxy) is 1. The summed E-state index contributed by atoms with van der Waals surface area (Å²) in [5.74, 6) is 0. The highest BCUT2D eigenvalue weighted by molar-refractivity contribution is 9.10. The number of hydrogen-bond acceptors (Lipinski definition) is 3. The Balaban J connectivity index is 2.37. The summed E-state index contributed by atoms with van der Waals surface area (Å²) in [6, 6.07) is 9.06. The molecule has 0 aromatic heterocycles. The van der Waals surface area contributed by atoms with Crippen LogP contribution in [0.15, 0.2) is 28.7 Å². The third-order valence-corrected chi connectivity index (χ3v) is 4.23. The van der Waals surface area contributed by atoms with E-state index in [1.807, 2.05) is 6.07 Å². The summed E-state index contributed by atoms with van der Waals surface area (Å²) in [7, 11) is 0. The van der Waals surface area contributed by atoms with Gasteiger partial charge in [0.1, 0.15) is 0 Å². The molecule has 1 aliphatic heterocycles. The molecule has 1 aromatic rings. The van der Waals surface area contributed by atoms with E-state index in [2.05, 4.69) is 52.9 Å². The van der Waals surface area contributed by atoms with Gasteiger partial charge < -0.3 is 10.5 Å². The topological polar surface area (TPSA) is 38.5 Å². The number of halogens is 1. The van der Waals surface area contributed by atoms with Gasteiger partial charge >= 0.3 is 0 Å². The van der Waals surface area contributed by atoms with Crippen LogP contribution >= 0.6 is 15.9 Å². The summed E-state index contributed by atoms with van der Waals surface area (Å²) in [6.45, 7) is 6.72. The second-order valence-electron chi connectivity index (χ2n) is 4.94. The van der Waals surface area contributed by atoms with Gasteiger partial charge in [-0.15, -0.1) is 0 Å². The minimum atomic E-state index is 0.0693. The fraction of sp³-hybridized carbons (Fsp3) is 0.571. The molecule has 1 aliphatic rings. The Labute approximate surface area is 117 Å². The van der Waals surface area contributed by atoms with Gasteiger partial charge in [0.15, 0.2) is 0 Å². The second-order valence-corrected chi connectivity index (χ2v) is 5.80. The van der Waals surface area contributed by atoms with Gasteiger partial charge in [0, 0.05) is 23.6 Å². The molecule has 0 saturated carbocycles. The minimum Gasteiger partial charge on any atom is -0.374 e. The lowest BCUT2D eigenvalue weighted by Crippen LogP contribution is -2.50. The van der Waals surface area contributed by atoms with E-state index in [1.54, 1.807) is 0 Å². The first-order valence-electron chi connectivity index (χ1n) is 6.47. The maximum absolute atomic E-state index is 5.88. The fourth-order valence-corrected chi connectivity index (χ4v) is 3.14. The number of nitrogens with two attached hydrogens (primary N) is 1. The Bertz CT molecular complexity index is 397. The molecule has 3 nitrogen and oxygen atoms in total. The fourth-order valence-electron chi connectivity index (χ4n) is 2.62. The van der Waals surface area contributed by atoms with Gasteiger partial charge in [-0.3, -0.25) is 4.90 Å². The van der Waals surface area contributed by atoms with Crippen molar-refractivity contribution in [1.82, 2.24) is 4.90 Å².